The number of nitrogens with zero attached hydrogens (tertiary/aromatic N) is 1. The summed E-state index contributed by atoms with van der Waals surface area (Å²) in [6.45, 7) is -7.64. The molecule has 0 saturated carbocycles. The number of pyridine rings is 1. The van der Waals surface area contributed by atoms with Gasteiger partial charge in [-0.15, -0.1) is 0 Å². The smallest absolute Gasteiger partial charge is 0.207 e. The van der Waals surface area contributed by atoms with Crippen molar-refractivity contribution in [2.75, 3.05) is 0 Å². The van der Waals surface area contributed by atoms with E-state index in [0.29, 0.717) is 6.07 Å². The molecule has 0 spiro atoms. The molecule has 1 aromatic carbocycles. The number of benzene rings is 1. The average Bonchev–Trinajstić information content (AvgIpc) is 2.43. The van der Waals surface area contributed by atoms with Crippen LogP contribution in [0.3, 0.4) is 0 Å². The van der Waals surface area contributed by atoms with Gasteiger partial charge < -0.3 is 0 Å². The average molecular weight is 271 g/mol. The maximum Gasteiger partial charge on any atom is 0.215 e. The van der Waals surface area contributed by atoms with Gasteiger partial charge in [0.15, 0.2) is 5.69 Å². The topological polar surface area (TPSA) is 3.88 Å². The van der Waals surface area contributed by atoms with Gasteiger partial charge in [0.05, 0.1) is 5.56 Å². The third-order valence-electron chi connectivity index (χ3n) is 2.99. The molecule has 2 aromatic rings. The van der Waals surface area contributed by atoms with E-state index < -0.39 is 49.0 Å². The summed E-state index contributed by atoms with van der Waals surface area (Å²) < 4.78 is 98.4. The fraction of sp³-hybridized carbons (Fsp3) is 0.312. The highest BCUT2D eigenvalue weighted by Crippen LogP contribution is 2.27. The Balaban J connectivity index is 3.12. The second-order valence-corrected chi connectivity index (χ2v) is 4.31. The van der Waals surface area contributed by atoms with Crippen LogP contribution < -0.4 is 4.57 Å². The SMILES string of the molecule is [2H]C([2H])([2H])c1cc(-c2c(C)cc(F)cc2F)[n+](C)c(C([2H])([2H])[2H])c1C([2H])([2H])[2H]. The lowest BCUT2D eigenvalue weighted by Gasteiger charge is -2.11. The molecule has 2 rings (SSSR count). The fourth-order valence-corrected chi connectivity index (χ4v) is 1.99. The Bertz CT molecular complexity index is 905. The van der Waals surface area contributed by atoms with Gasteiger partial charge in [-0.2, -0.15) is 4.57 Å². The lowest BCUT2D eigenvalue weighted by Crippen LogP contribution is -2.36. The molecule has 0 aliphatic carbocycles. The highest BCUT2D eigenvalue weighted by molar-refractivity contribution is 5.63. The molecule has 0 atom stereocenters. The minimum absolute atomic E-state index is 0.0997. The Morgan fingerprint density at radius 3 is 2.42 bits per heavy atom. The predicted molar refractivity (Wildman–Crippen MR) is 71.9 cm³/mol. The summed E-state index contributed by atoms with van der Waals surface area (Å²) in [5.74, 6) is -1.88. The quantitative estimate of drug-likeness (QED) is 0.696. The van der Waals surface area contributed by atoms with Gasteiger partial charge in [0.2, 0.25) is 5.69 Å². The zero-order valence-electron chi connectivity index (χ0n) is 19.4. The molecule has 1 nitrogen and oxygen atoms in total. The van der Waals surface area contributed by atoms with Crippen LogP contribution in [-0.2, 0) is 7.05 Å². The molecule has 0 fully saturated rings. The molecule has 0 bridgehead atoms. The Morgan fingerprint density at radius 2 is 1.84 bits per heavy atom. The van der Waals surface area contributed by atoms with E-state index in [2.05, 4.69) is 0 Å². The van der Waals surface area contributed by atoms with Crippen LogP contribution in [0.15, 0.2) is 18.2 Å². The van der Waals surface area contributed by atoms with Crippen LogP contribution in [0.4, 0.5) is 8.78 Å². The van der Waals surface area contributed by atoms with Crippen LogP contribution in [0.1, 0.15) is 34.7 Å². The van der Waals surface area contributed by atoms with Crippen molar-refractivity contribution in [1.82, 2.24) is 0 Å². The number of halogens is 2. The minimum atomic E-state index is -3.04. The molecular weight excluding hydrogens is 244 g/mol. The number of hydrogen-bond acceptors (Lipinski definition) is 0. The van der Waals surface area contributed by atoms with Crippen molar-refractivity contribution < 1.29 is 25.7 Å². The predicted octanol–water partition coefficient (Wildman–Crippen LogP) is 3.69. The van der Waals surface area contributed by atoms with Crippen LogP contribution in [0.5, 0.6) is 0 Å². The van der Waals surface area contributed by atoms with E-state index in [1.54, 1.807) is 0 Å². The van der Waals surface area contributed by atoms with Crippen LogP contribution >= 0.6 is 0 Å². The Labute approximate surface area is 125 Å². The largest absolute Gasteiger partial charge is 0.215 e. The van der Waals surface area contributed by atoms with Crippen LogP contribution in [-0.4, -0.2) is 0 Å². The van der Waals surface area contributed by atoms with E-state index in [9.17, 15) is 8.78 Å². The Kier molecular flexibility index (Phi) is 1.52. The van der Waals surface area contributed by atoms with Crippen molar-refractivity contribution in [3.05, 3.63) is 52.2 Å². The van der Waals surface area contributed by atoms with Crippen molar-refractivity contribution in [3.8, 4) is 11.3 Å². The second kappa shape index (κ2) is 4.72. The van der Waals surface area contributed by atoms with Crippen molar-refractivity contribution in [1.29, 1.82) is 0 Å². The first kappa shape index (κ1) is 6.12. The fourth-order valence-electron chi connectivity index (χ4n) is 1.99. The third-order valence-corrected chi connectivity index (χ3v) is 2.99. The molecule has 1 heterocycles. The summed E-state index contributed by atoms with van der Waals surface area (Å²) >= 11 is 0. The molecule has 1 aromatic heterocycles. The first-order valence-corrected chi connectivity index (χ1v) is 5.50. The molecule has 3 heteroatoms. The summed E-state index contributed by atoms with van der Waals surface area (Å²) in [6.07, 6.45) is 0. The van der Waals surface area contributed by atoms with Gasteiger partial charge in [-0.3, -0.25) is 0 Å². The van der Waals surface area contributed by atoms with Crippen LogP contribution in [0, 0.1) is 39.1 Å². The maximum absolute atomic E-state index is 14.5. The Morgan fingerprint density at radius 1 is 1.05 bits per heavy atom. The van der Waals surface area contributed by atoms with Gasteiger partial charge in [-0.05, 0) is 37.8 Å². The van der Waals surface area contributed by atoms with E-state index in [1.165, 1.54) is 14.0 Å². The zero-order chi connectivity index (χ0) is 21.8. The molecule has 19 heavy (non-hydrogen) atoms. The summed E-state index contributed by atoms with van der Waals surface area (Å²) in [5.41, 5.74) is -2.56. The molecule has 0 aliphatic heterocycles. The number of rotatable bonds is 1. The monoisotopic (exact) mass is 271 g/mol. The third kappa shape index (κ3) is 2.25. The first-order valence-electron chi connectivity index (χ1n) is 10.0. The van der Waals surface area contributed by atoms with Crippen LogP contribution in [0.2, 0.25) is 0 Å². The Hall–Kier alpha value is -1.77. The molecule has 0 saturated heterocycles. The zero-order valence-corrected chi connectivity index (χ0v) is 10.4. The lowest BCUT2D eigenvalue weighted by molar-refractivity contribution is -0.667. The van der Waals surface area contributed by atoms with Crippen molar-refractivity contribution in [2.24, 2.45) is 7.05 Å². The van der Waals surface area contributed by atoms with E-state index in [1.807, 2.05) is 0 Å². The van der Waals surface area contributed by atoms with Gasteiger partial charge in [0.25, 0.3) is 0 Å². The van der Waals surface area contributed by atoms with Crippen molar-refractivity contribution in [2.45, 2.75) is 27.5 Å². The normalized spacial score (nSPS) is 19.9. The summed E-state index contributed by atoms with van der Waals surface area (Å²) in [6, 6.07) is 2.54. The number of aryl methyl sites for hydroxylation is 2. The highest BCUT2D eigenvalue weighted by Gasteiger charge is 2.22. The van der Waals surface area contributed by atoms with E-state index >= 15 is 0 Å². The van der Waals surface area contributed by atoms with E-state index in [0.717, 1.165) is 16.7 Å². The molecule has 100 valence electrons. The maximum atomic E-state index is 14.5. The van der Waals surface area contributed by atoms with Gasteiger partial charge in [-0.25, -0.2) is 8.78 Å². The van der Waals surface area contributed by atoms with E-state index in [-0.39, 0.29) is 16.8 Å². The molecule has 0 N–H and O–H groups in total. The summed E-state index contributed by atoms with van der Waals surface area (Å²) in [5, 5.41) is 0. The first-order chi connectivity index (χ1) is 12.5. The van der Waals surface area contributed by atoms with Gasteiger partial charge in [-0.1, -0.05) is 0 Å². The van der Waals surface area contributed by atoms with Crippen molar-refractivity contribution in [3.63, 3.8) is 0 Å². The molecule has 0 amide bonds. The van der Waals surface area contributed by atoms with E-state index in [4.69, 9.17) is 12.3 Å². The molecule has 0 aliphatic rings. The summed E-state index contributed by atoms with van der Waals surface area (Å²) in [7, 11) is 1.21. The van der Waals surface area contributed by atoms with Gasteiger partial charge in [0.1, 0.15) is 18.7 Å². The highest BCUT2D eigenvalue weighted by atomic mass is 19.1. The number of hydrogen-bond donors (Lipinski definition) is 0. The standard InChI is InChI=1S/C16H18F2N/c1-9-7-15(19(5)12(4)11(9)3)16-10(2)6-13(17)8-14(16)18/h6-8H,1-5H3/q+1/i1D3,3D3,4D3. The van der Waals surface area contributed by atoms with Gasteiger partial charge in [0, 0.05) is 36.9 Å². The lowest BCUT2D eigenvalue weighted by atomic mass is 9.99. The van der Waals surface area contributed by atoms with Crippen LogP contribution in [0.25, 0.3) is 11.3 Å². The van der Waals surface area contributed by atoms with Crippen molar-refractivity contribution >= 4 is 0 Å². The second-order valence-electron chi connectivity index (χ2n) is 4.31. The summed E-state index contributed by atoms with van der Waals surface area (Å²) in [4.78, 5) is 0. The minimum Gasteiger partial charge on any atom is -0.207 e. The number of aromatic nitrogens is 1. The van der Waals surface area contributed by atoms with Gasteiger partial charge >= 0.3 is 0 Å². The molecule has 0 radical (unpaired) electrons. The molecular formula is C16H18F2N+. The molecule has 0 unspecified atom stereocenters.